The molecule has 3 amide bonds. The fourth-order valence-corrected chi connectivity index (χ4v) is 3.25. The summed E-state index contributed by atoms with van der Waals surface area (Å²) in [6.07, 6.45) is 0. The minimum Gasteiger partial charge on any atom is -0.339 e. The zero-order chi connectivity index (χ0) is 23.0. The first-order chi connectivity index (χ1) is 14.7. The van der Waals surface area contributed by atoms with E-state index >= 15 is 0 Å². The maximum atomic E-state index is 12.5. The number of benzene rings is 2. The Kier molecular flexibility index (Phi) is 8.75. The summed E-state index contributed by atoms with van der Waals surface area (Å²) in [5.41, 5.74) is 3.99. The summed E-state index contributed by atoms with van der Waals surface area (Å²) in [6, 6.07) is 12.6. The number of hydrogen-bond donors (Lipinski definition) is 2. The van der Waals surface area contributed by atoms with Crippen LogP contribution in [0.15, 0.2) is 42.5 Å². The Morgan fingerprint density at radius 2 is 1.48 bits per heavy atom. The van der Waals surface area contributed by atoms with Gasteiger partial charge in [0.15, 0.2) is 0 Å². The number of aryl methyl sites for hydroxylation is 1. The molecule has 7 heteroatoms. The zero-order valence-electron chi connectivity index (χ0n) is 19.0. The van der Waals surface area contributed by atoms with Crippen LogP contribution in [0.3, 0.4) is 0 Å². The summed E-state index contributed by atoms with van der Waals surface area (Å²) in [5.74, 6) is -0.508. The van der Waals surface area contributed by atoms with Gasteiger partial charge in [-0.1, -0.05) is 18.2 Å². The van der Waals surface area contributed by atoms with E-state index in [4.69, 9.17) is 0 Å². The Labute approximate surface area is 184 Å². The Bertz CT molecular complexity index is 938. The van der Waals surface area contributed by atoms with E-state index in [0.717, 1.165) is 16.8 Å². The smallest absolute Gasteiger partial charge is 0.253 e. The molecular weight excluding hydrogens is 392 g/mol. The van der Waals surface area contributed by atoms with Gasteiger partial charge in [0, 0.05) is 30.0 Å². The Morgan fingerprint density at radius 1 is 0.871 bits per heavy atom. The molecule has 0 unspecified atom stereocenters. The van der Waals surface area contributed by atoms with Crippen molar-refractivity contribution in [3.8, 4) is 0 Å². The van der Waals surface area contributed by atoms with Gasteiger partial charge in [-0.05, 0) is 70.1 Å². The molecule has 0 aromatic heterocycles. The van der Waals surface area contributed by atoms with Gasteiger partial charge in [0.05, 0.1) is 13.1 Å². The van der Waals surface area contributed by atoms with Crippen molar-refractivity contribution in [3.05, 3.63) is 59.2 Å². The van der Waals surface area contributed by atoms with E-state index in [0.29, 0.717) is 24.3 Å². The summed E-state index contributed by atoms with van der Waals surface area (Å²) < 4.78 is 0. The standard InChI is InChI=1S/C24H32N4O3/c1-6-28(7-2)24(31)19-11-9-12-20(14-19)25-22(29)15-27(5)16-23(30)26-21-13-8-10-17(3)18(21)4/h8-14H,6-7,15-16H2,1-5H3,(H,25,29)(H,26,30). The van der Waals surface area contributed by atoms with Crippen LogP contribution in [0.5, 0.6) is 0 Å². The molecule has 0 aliphatic carbocycles. The lowest BCUT2D eigenvalue weighted by Crippen LogP contribution is -2.36. The van der Waals surface area contributed by atoms with Crippen LogP contribution in [0, 0.1) is 13.8 Å². The van der Waals surface area contributed by atoms with Gasteiger partial charge in [0.2, 0.25) is 11.8 Å². The van der Waals surface area contributed by atoms with E-state index < -0.39 is 0 Å². The quantitative estimate of drug-likeness (QED) is 0.647. The first kappa shape index (κ1) is 24.1. The monoisotopic (exact) mass is 424 g/mol. The minimum absolute atomic E-state index is 0.0500. The van der Waals surface area contributed by atoms with Gasteiger partial charge < -0.3 is 15.5 Å². The molecule has 0 heterocycles. The SMILES string of the molecule is CCN(CC)C(=O)c1cccc(NC(=O)CN(C)CC(=O)Nc2cccc(C)c2C)c1. The second kappa shape index (κ2) is 11.3. The van der Waals surface area contributed by atoms with Gasteiger partial charge in [-0.3, -0.25) is 19.3 Å². The molecule has 2 aromatic carbocycles. The Balaban J connectivity index is 1.90. The first-order valence-electron chi connectivity index (χ1n) is 10.5. The van der Waals surface area contributed by atoms with Crippen molar-refractivity contribution >= 4 is 29.1 Å². The maximum Gasteiger partial charge on any atom is 0.253 e. The number of carbonyl (C=O) groups excluding carboxylic acids is 3. The number of nitrogens with one attached hydrogen (secondary N) is 2. The zero-order valence-corrected chi connectivity index (χ0v) is 19.0. The molecule has 0 spiro atoms. The maximum absolute atomic E-state index is 12.5. The lowest BCUT2D eigenvalue weighted by Gasteiger charge is -2.19. The molecule has 7 nitrogen and oxygen atoms in total. The lowest BCUT2D eigenvalue weighted by atomic mass is 10.1. The van der Waals surface area contributed by atoms with Crippen LogP contribution in [-0.4, -0.2) is 60.7 Å². The molecule has 0 aliphatic rings. The Hall–Kier alpha value is -3.19. The van der Waals surface area contributed by atoms with E-state index in [-0.39, 0.29) is 30.8 Å². The van der Waals surface area contributed by atoms with Gasteiger partial charge in [0.1, 0.15) is 0 Å². The van der Waals surface area contributed by atoms with Crippen LogP contribution in [0.1, 0.15) is 35.3 Å². The van der Waals surface area contributed by atoms with Crippen molar-refractivity contribution in [1.82, 2.24) is 9.80 Å². The van der Waals surface area contributed by atoms with Gasteiger partial charge in [0.25, 0.3) is 5.91 Å². The fourth-order valence-electron chi connectivity index (χ4n) is 3.25. The summed E-state index contributed by atoms with van der Waals surface area (Å²) in [4.78, 5) is 40.6. The van der Waals surface area contributed by atoms with Crippen LogP contribution in [0.25, 0.3) is 0 Å². The largest absolute Gasteiger partial charge is 0.339 e. The van der Waals surface area contributed by atoms with E-state index in [2.05, 4.69) is 10.6 Å². The molecule has 0 atom stereocenters. The molecule has 166 valence electrons. The summed E-state index contributed by atoms with van der Waals surface area (Å²) in [5, 5.41) is 5.69. The van der Waals surface area contributed by atoms with E-state index in [1.807, 2.05) is 45.9 Å². The third-order valence-corrected chi connectivity index (χ3v) is 5.15. The number of carbonyl (C=O) groups is 3. The predicted octanol–water partition coefficient (Wildman–Crippen LogP) is 3.29. The van der Waals surface area contributed by atoms with E-state index in [1.54, 1.807) is 41.1 Å². The highest BCUT2D eigenvalue weighted by molar-refractivity contribution is 5.98. The van der Waals surface area contributed by atoms with Crippen LogP contribution in [0.4, 0.5) is 11.4 Å². The molecule has 2 rings (SSSR count). The molecule has 0 aliphatic heterocycles. The van der Waals surface area contributed by atoms with Crippen molar-refractivity contribution in [2.24, 2.45) is 0 Å². The Morgan fingerprint density at radius 3 is 2.13 bits per heavy atom. The van der Waals surface area contributed by atoms with Crippen molar-refractivity contribution < 1.29 is 14.4 Å². The number of rotatable bonds is 9. The number of hydrogen-bond acceptors (Lipinski definition) is 4. The van der Waals surface area contributed by atoms with E-state index in [9.17, 15) is 14.4 Å². The number of anilines is 2. The first-order valence-corrected chi connectivity index (χ1v) is 10.5. The topological polar surface area (TPSA) is 81.8 Å². The van der Waals surface area contributed by atoms with E-state index in [1.165, 1.54) is 0 Å². The molecule has 31 heavy (non-hydrogen) atoms. The second-order valence-electron chi connectivity index (χ2n) is 7.57. The van der Waals surface area contributed by atoms with Crippen molar-refractivity contribution in [3.63, 3.8) is 0 Å². The van der Waals surface area contributed by atoms with Crippen LogP contribution >= 0.6 is 0 Å². The van der Waals surface area contributed by atoms with Crippen molar-refractivity contribution in [2.75, 3.05) is 43.9 Å². The highest BCUT2D eigenvalue weighted by atomic mass is 16.2. The molecule has 2 aromatic rings. The average molecular weight is 425 g/mol. The molecule has 0 bridgehead atoms. The highest BCUT2D eigenvalue weighted by Crippen LogP contribution is 2.18. The highest BCUT2D eigenvalue weighted by Gasteiger charge is 2.15. The molecule has 0 saturated heterocycles. The number of nitrogens with zero attached hydrogens (tertiary/aromatic N) is 2. The van der Waals surface area contributed by atoms with Gasteiger partial charge >= 0.3 is 0 Å². The second-order valence-corrected chi connectivity index (χ2v) is 7.57. The molecular formula is C24H32N4O3. The molecule has 2 N–H and O–H groups in total. The predicted molar refractivity (Wildman–Crippen MR) is 124 cm³/mol. The van der Waals surface area contributed by atoms with Crippen LogP contribution in [0.2, 0.25) is 0 Å². The summed E-state index contributed by atoms with van der Waals surface area (Å²) in [6.45, 7) is 9.20. The lowest BCUT2D eigenvalue weighted by molar-refractivity contribution is -0.119. The summed E-state index contributed by atoms with van der Waals surface area (Å²) in [7, 11) is 1.71. The van der Waals surface area contributed by atoms with Crippen molar-refractivity contribution in [1.29, 1.82) is 0 Å². The number of amides is 3. The van der Waals surface area contributed by atoms with Crippen LogP contribution in [-0.2, 0) is 9.59 Å². The van der Waals surface area contributed by atoms with Crippen molar-refractivity contribution in [2.45, 2.75) is 27.7 Å². The number of likely N-dealkylation sites (N-methyl/N-ethyl adjacent to an activating group) is 1. The molecule has 0 saturated carbocycles. The normalized spacial score (nSPS) is 10.6. The third-order valence-electron chi connectivity index (χ3n) is 5.15. The third kappa shape index (κ3) is 6.93. The molecule has 0 radical (unpaired) electrons. The van der Waals surface area contributed by atoms with Crippen LogP contribution < -0.4 is 10.6 Å². The fraction of sp³-hybridized carbons (Fsp3) is 0.375. The van der Waals surface area contributed by atoms with Gasteiger partial charge in [-0.25, -0.2) is 0 Å². The van der Waals surface area contributed by atoms with Gasteiger partial charge in [-0.15, -0.1) is 0 Å². The van der Waals surface area contributed by atoms with Gasteiger partial charge in [-0.2, -0.15) is 0 Å². The molecule has 0 fully saturated rings. The minimum atomic E-state index is -0.255. The average Bonchev–Trinajstić information content (AvgIpc) is 2.72. The summed E-state index contributed by atoms with van der Waals surface area (Å²) >= 11 is 0.